The lowest BCUT2D eigenvalue weighted by Crippen LogP contribution is -2.43. The van der Waals surface area contributed by atoms with Crippen molar-refractivity contribution in [2.45, 2.75) is 70.7 Å². The van der Waals surface area contributed by atoms with Gasteiger partial charge in [0.15, 0.2) is 14.1 Å². The van der Waals surface area contributed by atoms with E-state index in [4.69, 9.17) is 13.9 Å². The van der Waals surface area contributed by atoms with E-state index in [2.05, 4.69) is 40.4 Å². The van der Waals surface area contributed by atoms with E-state index in [9.17, 15) is 0 Å². The van der Waals surface area contributed by atoms with E-state index in [1.54, 1.807) is 6.08 Å². The minimum atomic E-state index is -1.73. The second-order valence-electron chi connectivity index (χ2n) is 6.95. The van der Waals surface area contributed by atoms with Gasteiger partial charge in [-0.3, -0.25) is 0 Å². The van der Waals surface area contributed by atoms with Crippen molar-refractivity contribution in [1.82, 2.24) is 0 Å². The Morgan fingerprint density at radius 2 is 1.83 bits per heavy atom. The molecule has 3 nitrogen and oxygen atoms in total. The molecule has 0 saturated carbocycles. The van der Waals surface area contributed by atoms with Crippen LogP contribution in [0.15, 0.2) is 12.7 Å². The van der Waals surface area contributed by atoms with Crippen molar-refractivity contribution < 1.29 is 13.9 Å². The summed E-state index contributed by atoms with van der Waals surface area (Å²) in [5.74, 6) is -0.541. The molecule has 0 amide bonds. The zero-order chi connectivity index (χ0) is 14.2. The van der Waals surface area contributed by atoms with Gasteiger partial charge in [-0.25, -0.2) is 0 Å². The zero-order valence-corrected chi connectivity index (χ0v) is 13.9. The van der Waals surface area contributed by atoms with E-state index < -0.39 is 14.1 Å². The predicted octanol–water partition coefficient (Wildman–Crippen LogP) is 3.71. The third kappa shape index (κ3) is 3.67. The molecule has 1 saturated heterocycles. The number of hydrogen-bond acceptors (Lipinski definition) is 3. The Hall–Kier alpha value is -0.163. The van der Waals surface area contributed by atoms with Gasteiger partial charge in [0.2, 0.25) is 0 Å². The molecule has 0 radical (unpaired) electrons. The number of ether oxygens (including phenoxy) is 2. The summed E-state index contributed by atoms with van der Waals surface area (Å²) in [6, 6.07) is 0. The molecule has 0 spiro atoms. The van der Waals surface area contributed by atoms with Gasteiger partial charge in [-0.1, -0.05) is 26.8 Å². The molecule has 1 rings (SSSR count). The van der Waals surface area contributed by atoms with Gasteiger partial charge in [-0.2, -0.15) is 0 Å². The molecule has 0 aromatic heterocycles. The molecule has 0 N–H and O–H groups in total. The smallest absolute Gasteiger partial charge is 0.192 e. The quantitative estimate of drug-likeness (QED) is 0.577. The topological polar surface area (TPSA) is 27.7 Å². The summed E-state index contributed by atoms with van der Waals surface area (Å²) >= 11 is 0. The van der Waals surface area contributed by atoms with Crippen LogP contribution < -0.4 is 0 Å². The lowest BCUT2D eigenvalue weighted by molar-refractivity contribution is -0.145. The first-order valence-electron chi connectivity index (χ1n) is 6.61. The lowest BCUT2D eigenvalue weighted by Gasteiger charge is -2.37. The third-order valence-electron chi connectivity index (χ3n) is 3.87. The first kappa shape index (κ1) is 15.9. The van der Waals surface area contributed by atoms with Crippen LogP contribution in [0.5, 0.6) is 0 Å². The molecule has 0 unspecified atom stereocenters. The maximum Gasteiger partial charge on any atom is 0.192 e. The Kier molecular flexibility index (Phi) is 4.48. The van der Waals surface area contributed by atoms with E-state index in [0.29, 0.717) is 6.61 Å². The predicted molar refractivity (Wildman–Crippen MR) is 77.2 cm³/mol. The Balaban J connectivity index is 2.61. The summed E-state index contributed by atoms with van der Waals surface area (Å²) in [5, 5.41) is 0.214. The van der Waals surface area contributed by atoms with Crippen LogP contribution in [0.2, 0.25) is 18.1 Å². The summed E-state index contributed by atoms with van der Waals surface area (Å²) in [5.41, 5.74) is 0. The molecule has 18 heavy (non-hydrogen) atoms. The second kappa shape index (κ2) is 5.08. The first-order valence-corrected chi connectivity index (χ1v) is 9.51. The van der Waals surface area contributed by atoms with E-state index >= 15 is 0 Å². The van der Waals surface area contributed by atoms with Gasteiger partial charge in [0, 0.05) is 0 Å². The van der Waals surface area contributed by atoms with Gasteiger partial charge in [-0.05, 0) is 32.0 Å². The van der Waals surface area contributed by atoms with Crippen LogP contribution in [0.1, 0.15) is 34.6 Å². The van der Waals surface area contributed by atoms with Crippen molar-refractivity contribution in [3.63, 3.8) is 0 Å². The van der Waals surface area contributed by atoms with Gasteiger partial charge in [-0.15, -0.1) is 6.58 Å². The van der Waals surface area contributed by atoms with E-state index in [0.717, 1.165) is 0 Å². The molecule has 0 aromatic rings. The fourth-order valence-corrected chi connectivity index (χ4v) is 2.71. The molecule has 0 aromatic carbocycles. The van der Waals surface area contributed by atoms with Crippen LogP contribution in [0, 0.1) is 0 Å². The summed E-state index contributed by atoms with van der Waals surface area (Å²) < 4.78 is 17.8. The molecule has 4 heteroatoms. The molecule has 1 heterocycles. The summed E-state index contributed by atoms with van der Waals surface area (Å²) in [4.78, 5) is 0. The molecule has 0 aliphatic carbocycles. The van der Waals surface area contributed by atoms with Crippen molar-refractivity contribution in [3.8, 4) is 0 Å². The Morgan fingerprint density at radius 3 is 2.28 bits per heavy atom. The highest BCUT2D eigenvalue weighted by atomic mass is 28.4. The Bertz CT molecular complexity index is 305. The van der Waals surface area contributed by atoms with Gasteiger partial charge < -0.3 is 13.9 Å². The van der Waals surface area contributed by atoms with E-state index in [-0.39, 0.29) is 17.2 Å². The van der Waals surface area contributed by atoms with Crippen LogP contribution in [-0.2, 0) is 13.9 Å². The van der Waals surface area contributed by atoms with Crippen LogP contribution in [0.3, 0.4) is 0 Å². The maximum absolute atomic E-state index is 6.19. The average Bonchev–Trinajstić information content (AvgIpc) is 2.48. The van der Waals surface area contributed by atoms with Crippen LogP contribution in [-0.4, -0.2) is 32.9 Å². The van der Waals surface area contributed by atoms with Crippen molar-refractivity contribution in [2.75, 3.05) is 6.61 Å². The number of hydrogen-bond donors (Lipinski definition) is 0. The maximum atomic E-state index is 6.19. The monoisotopic (exact) mass is 272 g/mol. The number of rotatable bonds is 4. The Morgan fingerprint density at radius 1 is 1.28 bits per heavy atom. The molecule has 1 fully saturated rings. The van der Waals surface area contributed by atoms with Gasteiger partial charge in [0.05, 0.1) is 6.61 Å². The van der Waals surface area contributed by atoms with Crippen molar-refractivity contribution in [2.24, 2.45) is 0 Å². The third-order valence-corrected chi connectivity index (χ3v) is 8.37. The molecule has 0 bridgehead atoms. The van der Waals surface area contributed by atoms with E-state index in [1.165, 1.54) is 0 Å². The summed E-state index contributed by atoms with van der Waals surface area (Å²) in [6.45, 7) is 19.4. The fraction of sp³-hybridized carbons (Fsp3) is 0.857. The van der Waals surface area contributed by atoms with Crippen LogP contribution in [0.25, 0.3) is 0 Å². The normalized spacial score (nSPS) is 28.4. The Labute approximate surface area is 113 Å². The van der Waals surface area contributed by atoms with E-state index in [1.807, 2.05) is 13.8 Å². The van der Waals surface area contributed by atoms with Gasteiger partial charge in [0.25, 0.3) is 0 Å². The SMILES string of the molecule is C=C[C@H]1OC(C)(C)O[C@H]1CO[Si](C)(C)C(C)(C)C. The highest BCUT2D eigenvalue weighted by molar-refractivity contribution is 6.74. The van der Waals surface area contributed by atoms with Crippen molar-refractivity contribution >= 4 is 8.32 Å². The van der Waals surface area contributed by atoms with Gasteiger partial charge >= 0.3 is 0 Å². The summed E-state index contributed by atoms with van der Waals surface area (Å²) in [7, 11) is -1.73. The van der Waals surface area contributed by atoms with Crippen molar-refractivity contribution in [1.29, 1.82) is 0 Å². The largest absolute Gasteiger partial charge is 0.414 e. The van der Waals surface area contributed by atoms with Crippen LogP contribution in [0.4, 0.5) is 0 Å². The van der Waals surface area contributed by atoms with Crippen LogP contribution >= 0.6 is 0 Å². The molecule has 2 atom stereocenters. The average molecular weight is 272 g/mol. The standard InChI is InChI=1S/C14H28O3Si/c1-9-11-12(17-14(5,6)16-11)10-15-18(7,8)13(2,3)4/h9,11-12H,1,10H2,2-8H3/t11-,12+/m1/s1. The fourth-order valence-electron chi connectivity index (χ4n) is 1.70. The summed E-state index contributed by atoms with van der Waals surface area (Å²) in [6.07, 6.45) is 1.67. The van der Waals surface area contributed by atoms with Crippen molar-refractivity contribution in [3.05, 3.63) is 12.7 Å². The van der Waals surface area contributed by atoms with Gasteiger partial charge in [0.1, 0.15) is 12.2 Å². The zero-order valence-electron chi connectivity index (χ0n) is 12.9. The highest BCUT2D eigenvalue weighted by Crippen LogP contribution is 2.37. The minimum Gasteiger partial charge on any atom is -0.414 e. The molecule has 106 valence electrons. The molecular formula is C14H28O3Si. The lowest BCUT2D eigenvalue weighted by atomic mass is 10.2. The molecule has 1 aliphatic heterocycles. The highest BCUT2D eigenvalue weighted by Gasteiger charge is 2.43. The first-order chi connectivity index (χ1) is 7.98. The minimum absolute atomic E-state index is 0.0494. The second-order valence-corrected chi connectivity index (χ2v) is 11.8. The molecule has 1 aliphatic rings. The molecular weight excluding hydrogens is 244 g/mol.